The molecule has 3 aromatic rings. The van der Waals surface area contributed by atoms with Crippen LogP contribution >= 0.6 is 0 Å². The molecule has 2 aliphatic rings. The average molecular weight is 377 g/mol. The van der Waals surface area contributed by atoms with Crippen molar-refractivity contribution in [2.24, 2.45) is 0 Å². The van der Waals surface area contributed by atoms with Crippen molar-refractivity contribution in [2.45, 2.75) is 6.04 Å². The van der Waals surface area contributed by atoms with Crippen LogP contribution in [0.1, 0.15) is 0 Å². The molecule has 0 saturated carbocycles. The van der Waals surface area contributed by atoms with Crippen LogP contribution in [0.4, 0.5) is 21.6 Å². The van der Waals surface area contributed by atoms with Gasteiger partial charge in [0.05, 0.1) is 16.9 Å². The minimum absolute atomic E-state index is 0.00339. The van der Waals surface area contributed by atoms with Crippen LogP contribution in [0.2, 0.25) is 0 Å². The van der Waals surface area contributed by atoms with Gasteiger partial charge in [-0.3, -0.25) is 0 Å². The van der Waals surface area contributed by atoms with Gasteiger partial charge in [-0.1, -0.05) is 0 Å². The van der Waals surface area contributed by atoms with E-state index >= 15 is 4.39 Å². The van der Waals surface area contributed by atoms with Crippen LogP contribution in [0.5, 0.6) is 11.5 Å². The third-order valence-electron chi connectivity index (χ3n) is 5.17. The number of halogens is 1. The standard InChI is InChI=1S/C19H17BFN5O2/c20-25-5-6-26-12(8-25)9-28-15-7-14-16(17(21)18(15)26)19(23-10-22-14)24-11-1-3-13(27)4-2-11/h1-4,7,10,12,27H,5-6,8-9H2,(H,22,23,24). The number of rotatable bonds is 2. The van der Waals surface area contributed by atoms with Crippen molar-refractivity contribution in [1.29, 1.82) is 0 Å². The van der Waals surface area contributed by atoms with Crippen LogP contribution in [0.15, 0.2) is 36.7 Å². The Labute approximate surface area is 162 Å². The van der Waals surface area contributed by atoms with E-state index in [1.165, 1.54) is 6.33 Å². The molecular formula is C19H17BFN5O2. The summed E-state index contributed by atoms with van der Waals surface area (Å²) >= 11 is 0. The molecule has 1 fully saturated rings. The molecule has 0 bridgehead atoms. The zero-order chi connectivity index (χ0) is 19.3. The first-order chi connectivity index (χ1) is 13.6. The third-order valence-corrected chi connectivity index (χ3v) is 5.17. The molecule has 3 heterocycles. The van der Waals surface area contributed by atoms with Crippen molar-refractivity contribution >= 4 is 36.1 Å². The maximum Gasteiger partial charge on any atom is 0.182 e. The maximum absolute atomic E-state index is 15.7. The van der Waals surface area contributed by atoms with Crippen molar-refractivity contribution in [3.63, 3.8) is 0 Å². The molecule has 0 spiro atoms. The zero-order valence-corrected chi connectivity index (χ0v) is 15.0. The van der Waals surface area contributed by atoms with E-state index in [2.05, 4.69) is 15.3 Å². The molecule has 2 aliphatic heterocycles. The number of hydrogen-bond acceptors (Lipinski definition) is 7. The fraction of sp³-hybridized carbons (Fsp3) is 0.263. The first-order valence-corrected chi connectivity index (χ1v) is 9.02. The van der Waals surface area contributed by atoms with Gasteiger partial charge in [0.15, 0.2) is 13.8 Å². The highest BCUT2D eigenvalue weighted by molar-refractivity contribution is 6.04. The van der Waals surface area contributed by atoms with E-state index in [1.54, 1.807) is 35.1 Å². The molecule has 1 unspecified atom stereocenters. The molecule has 0 amide bonds. The Morgan fingerprint density at radius 3 is 2.86 bits per heavy atom. The third kappa shape index (κ3) is 2.79. The number of piperazine rings is 1. The number of ether oxygens (including phenoxy) is 1. The number of hydrogen-bond donors (Lipinski definition) is 2. The van der Waals surface area contributed by atoms with Gasteiger partial charge in [-0.15, -0.1) is 0 Å². The summed E-state index contributed by atoms with van der Waals surface area (Å²) in [6.45, 7) is 2.34. The number of aromatic hydroxyl groups is 1. The Kier molecular flexibility index (Phi) is 3.97. The quantitative estimate of drug-likeness (QED) is 0.524. The van der Waals surface area contributed by atoms with E-state index < -0.39 is 5.82 Å². The van der Waals surface area contributed by atoms with Crippen molar-refractivity contribution in [2.75, 3.05) is 36.5 Å². The number of anilines is 3. The maximum atomic E-state index is 15.7. The molecule has 28 heavy (non-hydrogen) atoms. The Morgan fingerprint density at radius 2 is 2.04 bits per heavy atom. The number of phenols is 1. The second-order valence-corrected chi connectivity index (χ2v) is 6.98. The molecule has 1 aromatic heterocycles. The van der Waals surface area contributed by atoms with Gasteiger partial charge in [-0.05, 0) is 24.3 Å². The highest BCUT2D eigenvalue weighted by atomic mass is 19.1. The van der Waals surface area contributed by atoms with Crippen molar-refractivity contribution < 1.29 is 14.2 Å². The number of aromatic nitrogens is 2. The summed E-state index contributed by atoms with van der Waals surface area (Å²) in [5, 5.41) is 12.9. The second kappa shape index (κ2) is 6.52. The van der Waals surface area contributed by atoms with Gasteiger partial charge in [0.1, 0.15) is 35.9 Å². The molecule has 1 saturated heterocycles. The summed E-state index contributed by atoms with van der Waals surface area (Å²) < 4.78 is 21.5. The lowest BCUT2D eigenvalue weighted by Crippen LogP contribution is -2.56. The predicted molar refractivity (Wildman–Crippen MR) is 105 cm³/mol. The van der Waals surface area contributed by atoms with Gasteiger partial charge in [-0.25, -0.2) is 14.4 Å². The number of nitrogens with one attached hydrogen (secondary N) is 1. The molecule has 2 N–H and O–H groups in total. The van der Waals surface area contributed by atoms with E-state index in [-0.39, 0.29) is 11.8 Å². The van der Waals surface area contributed by atoms with Gasteiger partial charge >= 0.3 is 0 Å². The second-order valence-electron chi connectivity index (χ2n) is 6.98. The first kappa shape index (κ1) is 17.1. The summed E-state index contributed by atoms with van der Waals surface area (Å²) in [6.07, 6.45) is 1.38. The summed E-state index contributed by atoms with van der Waals surface area (Å²) in [5.74, 6) is 0.585. The van der Waals surface area contributed by atoms with E-state index in [4.69, 9.17) is 12.7 Å². The van der Waals surface area contributed by atoms with E-state index in [0.29, 0.717) is 60.1 Å². The summed E-state index contributed by atoms with van der Waals surface area (Å²) in [7, 11) is 5.92. The lowest BCUT2D eigenvalue weighted by molar-refractivity contribution is 0.216. The molecule has 5 rings (SSSR count). The summed E-state index contributed by atoms with van der Waals surface area (Å²) in [6, 6.07) is 8.24. The van der Waals surface area contributed by atoms with Crippen LogP contribution < -0.4 is 15.0 Å². The molecule has 7 nitrogen and oxygen atoms in total. The van der Waals surface area contributed by atoms with Crippen molar-refractivity contribution in [3.05, 3.63) is 42.5 Å². The Hall–Kier alpha value is -3.07. The largest absolute Gasteiger partial charge is 0.508 e. The Morgan fingerprint density at radius 1 is 1.21 bits per heavy atom. The SMILES string of the molecule is [B]N1CCN2c3c(cc4ncnc(Nc5ccc(O)cc5)c4c3F)OCC2C1. The number of fused-ring (bicyclic) bond motifs is 4. The molecule has 2 aromatic carbocycles. The zero-order valence-electron chi connectivity index (χ0n) is 15.0. The van der Waals surface area contributed by atoms with E-state index in [1.807, 2.05) is 4.90 Å². The molecular weight excluding hydrogens is 360 g/mol. The Bertz CT molecular complexity index is 1050. The van der Waals surface area contributed by atoms with Crippen LogP contribution in [-0.4, -0.2) is 60.1 Å². The van der Waals surface area contributed by atoms with Crippen LogP contribution in [0.3, 0.4) is 0 Å². The monoisotopic (exact) mass is 377 g/mol. The minimum atomic E-state index is -0.412. The van der Waals surface area contributed by atoms with Gasteiger partial charge in [0, 0.05) is 31.4 Å². The molecule has 9 heteroatoms. The topological polar surface area (TPSA) is 73.8 Å². The molecule has 140 valence electrons. The smallest absolute Gasteiger partial charge is 0.182 e. The Balaban J connectivity index is 1.62. The number of nitrogens with zero attached hydrogens (tertiary/aromatic N) is 4. The lowest BCUT2D eigenvalue weighted by atomic mass is 10.0. The number of benzene rings is 2. The van der Waals surface area contributed by atoms with Gasteiger partial charge < -0.3 is 24.9 Å². The minimum Gasteiger partial charge on any atom is -0.508 e. The first-order valence-electron chi connectivity index (χ1n) is 9.02. The lowest BCUT2D eigenvalue weighted by Gasteiger charge is -2.45. The summed E-state index contributed by atoms with van der Waals surface area (Å²) in [4.78, 5) is 12.2. The fourth-order valence-electron chi connectivity index (χ4n) is 3.80. The van der Waals surface area contributed by atoms with E-state index in [0.717, 1.165) is 0 Å². The highest BCUT2D eigenvalue weighted by Gasteiger charge is 2.35. The van der Waals surface area contributed by atoms with Gasteiger partial charge in [-0.2, -0.15) is 0 Å². The van der Waals surface area contributed by atoms with Gasteiger partial charge in [0.2, 0.25) is 0 Å². The average Bonchev–Trinajstić information content (AvgIpc) is 2.69. The van der Waals surface area contributed by atoms with Crippen LogP contribution in [0, 0.1) is 5.82 Å². The number of phenolic OH excluding ortho intramolecular Hbond substituents is 1. The fourth-order valence-corrected chi connectivity index (χ4v) is 3.80. The van der Waals surface area contributed by atoms with Crippen molar-refractivity contribution in [1.82, 2.24) is 14.8 Å². The van der Waals surface area contributed by atoms with E-state index in [9.17, 15) is 5.11 Å². The predicted octanol–water partition coefficient (Wildman–Crippen LogP) is 2.18. The van der Waals surface area contributed by atoms with Crippen LogP contribution in [0.25, 0.3) is 10.9 Å². The highest BCUT2D eigenvalue weighted by Crippen LogP contribution is 2.42. The van der Waals surface area contributed by atoms with Gasteiger partial charge in [0.25, 0.3) is 0 Å². The molecule has 2 radical (unpaired) electrons. The normalized spacial score (nSPS) is 19.0. The summed E-state index contributed by atoms with van der Waals surface area (Å²) in [5.41, 5.74) is 1.57. The molecule has 0 aliphatic carbocycles. The van der Waals surface area contributed by atoms with Crippen molar-refractivity contribution in [3.8, 4) is 11.5 Å². The molecule has 1 atom stereocenters. The van der Waals surface area contributed by atoms with Crippen LogP contribution in [-0.2, 0) is 0 Å².